The molecule has 4 heteroatoms. The molecule has 1 rings (SSSR count). The maximum absolute atomic E-state index is 12.6. The van der Waals surface area contributed by atoms with Crippen molar-refractivity contribution in [3.8, 4) is 0 Å². The number of nitrogens with one attached hydrogen (secondary N) is 1. The Kier molecular flexibility index (Phi) is 5.39. The molecule has 0 saturated carbocycles. The zero-order valence-electron chi connectivity index (χ0n) is 13.0. The van der Waals surface area contributed by atoms with Crippen molar-refractivity contribution >= 4 is 11.8 Å². The Morgan fingerprint density at radius 2 is 2.00 bits per heavy atom. The summed E-state index contributed by atoms with van der Waals surface area (Å²) < 4.78 is 0. The van der Waals surface area contributed by atoms with Gasteiger partial charge in [0.2, 0.25) is 11.8 Å². The van der Waals surface area contributed by atoms with Crippen LogP contribution in [0.2, 0.25) is 0 Å². The fraction of sp³-hybridized carbons (Fsp3) is 0.867. The molecule has 1 N–H and O–H groups in total. The molecule has 1 saturated heterocycles. The van der Waals surface area contributed by atoms with Gasteiger partial charge in [0.25, 0.3) is 0 Å². The van der Waals surface area contributed by atoms with Crippen LogP contribution < -0.4 is 5.32 Å². The van der Waals surface area contributed by atoms with Crippen LogP contribution in [0.15, 0.2) is 0 Å². The first-order valence-electron chi connectivity index (χ1n) is 7.33. The van der Waals surface area contributed by atoms with Crippen molar-refractivity contribution in [1.29, 1.82) is 0 Å². The summed E-state index contributed by atoms with van der Waals surface area (Å²) in [5, 5.41) is 2.87. The van der Waals surface area contributed by atoms with Crippen LogP contribution in [-0.4, -0.2) is 35.8 Å². The Bertz CT molecular complexity index is 334. The van der Waals surface area contributed by atoms with Gasteiger partial charge >= 0.3 is 0 Å². The molecule has 1 fully saturated rings. The molecular weight excluding hydrogens is 240 g/mol. The first-order chi connectivity index (χ1) is 8.75. The van der Waals surface area contributed by atoms with Gasteiger partial charge in [0.15, 0.2) is 0 Å². The Balaban J connectivity index is 2.81. The van der Waals surface area contributed by atoms with Crippen LogP contribution in [0, 0.1) is 11.3 Å². The molecule has 110 valence electrons. The van der Waals surface area contributed by atoms with Crippen LogP contribution in [-0.2, 0) is 9.59 Å². The van der Waals surface area contributed by atoms with Crippen LogP contribution in [0.4, 0.5) is 0 Å². The number of carbonyl (C=O) groups is 2. The van der Waals surface area contributed by atoms with Gasteiger partial charge in [-0.3, -0.25) is 9.59 Å². The third-order valence-electron chi connectivity index (χ3n) is 3.65. The van der Waals surface area contributed by atoms with E-state index in [1.54, 1.807) is 0 Å². The molecular formula is C15H28N2O2. The first-order valence-corrected chi connectivity index (χ1v) is 7.33. The van der Waals surface area contributed by atoms with Crippen LogP contribution in [0.25, 0.3) is 0 Å². The van der Waals surface area contributed by atoms with Crippen molar-refractivity contribution in [3.63, 3.8) is 0 Å². The van der Waals surface area contributed by atoms with E-state index >= 15 is 0 Å². The molecule has 1 aliphatic rings. The molecule has 0 aromatic heterocycles. The van der Waals surface area contributed by atoms with Crippen molar-refractivity contribution in [1.82, 2.24) is 10.2 Å². The predicted octanol–water partition coefficient (Wildman–Crippen LogP) is 2.19. The third-order valence-corrected chi connectivity index (χ3v) is 3.65. The zero-order chi connectivity index (χ0) is 14.6. The van der Waals surface area contributed by atoms with E-state index < -0.39 is 6.04 Å². The standard InChI is InChI=1S/C15H28N2O2/c1-6-7-11(2)10-17-9-8-12(18)16-13(14(17)19)15(3,4)5/h11,13H,6-10H2,1-5H3,(H,16,18). The number of nitrogens with zero attached hydrogens (tertiary/aromatic N) is 1. The highest BCUT2D eigenvalue weighted by atomic mass is 16.2. The van der Waals surface area contributed by atoms with Gasteiger partial charge in [-0.25, -0.2) is 0 Å². The molecule has 1 heterocycles. The lowest BCUT2D eigenvalue weighted by molar-refractivity contribution is -0.136. The van der Waals surface area contributed by atoms with E-state index in [1.807, 2.05) is 25.7 Å². The summed E-state index contributed by atoms with van der Waals surface area (Å²) in [5.74, 6) is 0.544. The summed E-state index contributed by atoms with van der Waals surface area (Å²) in [6.07, 6.45) is 2.66. The van der Waals surface area contributed by atoms with Crippen LogP contribution in [0.3, 0.4) is 0 Å². The lowest BCUT2D eigenvalue weighted by Crippen LogP contribution is -2.52. The second-order valence-corrected chi connectivity index (χ2v) is 6.79. The molecule has 0 aromatic carbocycles. The summed E-state index contributed by atoms with van der Waals surface area (Å²) in [6.45, 7) is 11.6. The van der Waals surface area contributed by atoms with Gasteiger partial charge in [-0.15, -0.1) is 0 Å². The van der Waals surface area contributed by atoms with Crippen molar-refractivity contribution in [2.45, 2.75) is 59.9 Å². The van der Waals surface area contributed by atoms with E-state index in [0.717, 1.165) is 19.4 Å². The minimum atomic E-state index is -0.406. The lowest BCUT2D eigenvalue weighted by Gasteiger charge is -2.33. The summed E-state index contributed by atoms with van der Waals surface area (Å²) in [4.78, 5) is 26.2. The highest BCUT2D eigenvalue weighted by molar-refractivity contribution is 5.90. The highest BCUT2D eigenvalue weighted by Crippen LogP contribution is 2.23. The van der Waals surface area contributed by atoms with Gasteiger partial charge < -0.3 is 10.2 Å². The Morgan fingerprint density at radius 1 is 1.37 bits per heavy atom. The molecule has 2 unspecified atom stereocenters. The van der Waals surface area contributed by atoms with Gasteiger partial charge in [0.05, 0.1) is 0 Å². The van der Waals surface area contributed by atoms with Gasteiger partial charge in [0, 0.05) is 19.5 Å². The Morgan fingerprint density at radius 3 is 2.53 bits per heavy atom. The van der Waals surface area contributed by atoms with Crippen molar-refractivity contribution in [3.05, 3.63) is 0 Å². The lowest BCUT2D eigenvalue weighted by atomic mass is 9.86. The summed E-state index contributed by atoms with van der Waals surface area (Å²) in [6, 6.07) is -0.406. The number of carbonyl (C=O) groups excluding carboxylic acids is 2. The second-order valence-electron chi connectivity index (χ2n) is 6.79. The van der Waals surface area contributed by atoms with E-state index in [2.05, 4.69) is 19.2 Å². The van der Waals surface area contributed by atoms with E-state index in [0.29, 0.717) is 18.9 Å². The van der Waals surface area contributed by atoms with Crippen LogP contribution in [0.5, 0.6) is 0 Å². The molecule has 0 spiro atoms. The number of rotatable bonds is 4. The quantitative estimate of drug-likeness (QED) is 0.849. The minimum absolute atomic E-state index is 0.0149. The molecule has 1 aliphatic heterocycles. The average molecular weight is 268 g/mol. The van der Waals surface area contributed by atoms with E-state index in [9.17, 15) is 9.59 Å². The third kappa shape index (κ3) is 4.51. The molecule has 19 heavy (non-hydrogen) atoms. The second kappa shape index (κ2) is 6.40. The van der Waals surface area contributed by atoms with E-state index in [4.69, 9.17) is 0 Å². The normalized spacial score (nSPS) is 23.0. The van der Waals surface area contributed by atoms with Crippen molar-refractivity contribution in [2.75, 3.05) is 13.1 Å². The fourth-order valence-corrected chi connectivity index (χ4v) is 2.55. The number of amides is 2. The van der Waals surface area contributed by atoms with Gasteiger partial charge in [-0.1, -0.05) is 41.0 Å². The molecule has 0 aliphatic carbocycles. The van der Waals surface area contributed by atoms with Gasteiger partial charge in [0.1, 0.15) is 6.04 Å². The summed E-state index contributed by atoms with van der Waals surface area (Å²) in [5.41, 5.74) is -0.247. The SMILES string of the molecule is CCCC(C)CN1CCC(=O)NC(C(C)(C)C)C1=O. The maximum atomic E-state index is 12.6. The molecule has 0 radical (unpaired) electrons. The van der Waals surface area contributed by atoms with E-state index in [1.165, 1.54) is 0 Å². The molecule has 2 amide bonds. The monoisotopic (exact) mass is 268 g/mol. The van der Waals surface area contributed by atoms with Gasteiger partial charge in [-0.05, 0) is 17.8 Å². The number of hydrogen-bond acceptors (Lipinski definition) is 2. The zero-order valence-corrected chi connectivity index (χ0v) is 13.0. The molecule has 2 atom stereocenters. The summed E-state index contributed by atoms with van der Waals surface area (Å²) in [7, 11) is 0. The van der Waals surface area contributed by atoms with Crippen molar-refractivity contribution in [2.24, 2.45) is 11.3 Å². The fourth-order valence-electron chi connectivity index (χ4n) is 2.55. The largest absolute Gasteiger partial charge is 0.344 e. The smallest absolute Gasteiger partial charge is 0.245 e. The highest BCUT2D eigenvalue weighted by Gasteiger charge is 2.37. The molecule has 4 nitrogen and oxygen atoms in total. The number of hydrogen-bond donors (Lipinski definition) is 1. The first kappa shape index (κ1) is 16.0. The van der Waals surface area contributed by atoms with Crippen molar-refractivity contribution < 1.29 is 9.59 Å². The summed E-state index contributed by atoms with van der Waals surface area (Å²) >= 11 is 0. The predicted molar refractivity (Wildman–Crippen MR) is 76.7 cm³/mol. The minimum Gasteiger partial charge on any atom is -0.344 e. The van der Waals surface area contributed by atoms with Crippen LogP contribution in [0.1, 0.15) is 53.9 Å². The van der Waals surface area contributed by atoms with Crippen LogP contribution >= 0.6 is 0 Å². The van der Waals surface area contributed by atoms with E-state index in [-0.39, 0.29) is 17.2 Å². The Hall–Kier alpha value is -1.06. The Labute approximate surface area is 116 Å². The molecule has 0 bridgehead atoms. The average Bonchev–Trinajstić information content (AvgIpc) is 2.41. The topological polar surface area (TPSA) is 49.4 Å². The molecule has 0 aromatic rings. The maximum Gasteiger partial charge on any atom is 0.245 e. The van der Waals surface area contributed by atoms with Gasteiger partial charge in [-0.2, -0.15) is 0 Å².